The summed E-state index contributed by atoms with van der Waals surface area (Å²) >= 11 is 1.56. The van der Waals surface area contributed by atoms with Crippen molar-refractivity contribution in [1.82, 2.24) is 19.5 Å². The summed E-state index contributed by atoms with van der Waals surface area (Å²) in [5.74, 6) is 2.69. The highest BCUT2D eigenvalue weighted by Gasteiger charge is 2.27. The molecule has 2 aromatic heterocycles. The molecule has 2 amide bonds. The molecule has 0 saturated heterocycles. The van der Waals surface area contributed by atoms with Gasteiger partial charge in [-0.2, -0.15) is 4.98 Å². The highest BCUT2D eigenvalue weighted by Crippen LogP contribution is 2.32. The number of thiazole rings is 1. The molecule has 0 unspecified atom stereocenters. The first kappa shape index (κ1) is 21.1. The van der Waals surface area contributed by atoms with Crippen LogP contribution in [0.15, 0.2) is 42.5 Å². The molecule has 3 heterocycles. The molecular weight excluding hydrogens is 442 g/mol. The van der Waals surface area contributed by atoms with E-state index in [-0.39, 0.29) is 6.03 Å². The molecular formula is C23H23N5O4S. The highest BCUT2D eigenvalue weighted by atomic mass is 32.1. The van der Waals surface area contributed by atoms with Gasteiger partial charge in [0, 0.05) is 29.5 Å². The lowest BCUT2D eigenvalue weighted by atomic mass is 10.2. The summed E-state index contributed by atoms with van der Waals surface area (Å²) in [6.07, 6.45) is 0.698. The fourth-order valence-electron chi connectivity index (χ4n) is 3.83. The molecule has 0 aliphatic carbocycles. The van der Waals surface area contributed by atoms with Crippen LogP contribution in [0.25, 0.3) is 16.3 Å². The van der Waals surface area contributed by atoms with Crippen molar-refractivity contribution >= 4 is 28.0 Å². The predicted molar refractivity (Wildman–Crippen MR) is 126 cm³/mol. The zero-order valence-electron chi connectivity index (χ0n) is 18.5. The number of nitrogens with one attached hydrogen (secondary N) is 1. The molecule has 33 heavy (non-hydrogen) atoms. The Bertz CT molecular complexity index is 1310. The largest absolute Gasteiger partial charge is 0.497 e. The Hall–Kier alpha value is -3.79. The van der Waals surface area contributed by atoms with Crippen molar-refractivity contribution in [2.75, 3.05) is 33.2 Å². The van der Waals surface area contributed by atoms with Gasteiger partial charge < -0.3 is 24.4 Å². The second-order valence-electron chi connectivity index (χ2n) is 7.50. The van der Waals surface area contributed by atoms with E-state index in [0.717, 1.165) is 26.8 Å². The van der Waals surface area contributed by atoms with Crippen molar-refractivity contribution in [2.45, 2.75) is 13.0 Å². The van der Waals surface area contributed by atoms with Gasteiger partial charge in [-0.05, 0) is 36.4 Å². The van der Waals surface area contributed by atoms with E-state index in [0.29, 0.717) is 42.5 Å². The van der Waals surface area contributed by atoms with Crippen molar-refractivity contribution in [3.8, 4) is 28.6 Å². The number of benzene rings is 2. The van der Waals surface area contributed by atoms with Crippen LogP contribution in [0.2, 0.25) is 0 Å². The molecule has 4 aromatic rings. The van der Waals surface area contributed by atoms with Crippen LogP contribution in [0.4, 0.5) is 10.5 Å². The number of aromatic nitrogens is 3. The average Bonchev–Trinajstić information content (AvgIpc) is 3.41. The third kappa shape index (κ3) is 3.93. The maximum atomic E-state index is 13.0. The molecule has 0 radical (unpaired) electrons. The van der Waals surface area contributed by atoms with Crippen LogP contribution in [0.5, 0.6) is 17.2 Å². The van der Waals surface area contributed by atoms with Crippen molar-refractivity contribution in [3.05, 3.63) is 53.0 Å². The van der Waals surface area contributed by atoms with E-state index in [1.165, 1.54) is 0 Å². The maximum Gasteiger partial charge on any atom is 0.322 e. The standard InChI is InChI=1S/C23H23N5O4S/c1-30-15-6-4-14(5-7-15)21-25-23-28(26-21)18-10-11-27(13-20(18)33-23)22(29)24-17-12-16(31-2)8-9-19(17)32-3/h4-9,12H,10-11,13H2,1-3H3,(H,24,29). The third-order valence-corrected chi connectivity index (χ3v) is 6.66. The number of carbonyl (C=O) groups excluding carboxylic acids is 1. The maximum absolute atomic E-state index is 13.0. The van der Waals surface area contributed by atoms with Gasteiger partial charge in [-0.3, -0.25) is 0 Å². The van der Waals surface area contributed by atoms with Crippen molar-refractivity contribution < 1.29 is 19.0 Å². The number of carbonyl (C=O) groups is 1. The molecule has 0 saturated carbocycles. The average molecular weight is 466 g/mol. The number of anilines is 1. The number of methoxy groups -OCH3 is 3. The summed E-state index contributed by atoms with van der Waals surface area (Å²) in [6, 6.07) is 12.8. The summed E-state index contributed by atoms with van der Waals surface area (Å²) in [4.78, 5) is 21.4. The second kappa shape index (κ2) is 8.62. The van der Waals surface area contributed by atoms with E-state index in [4.69, 9.17) is 24.3 Å². The number of ether oxygens (including phenoxy) is 3. The van der Waals surface area contributed by atoms with E-state index in [9.17, 15) is 4.79 Å². The van der Waals surface area contributed by atoms with Crippen LogP contribution in [0.3, 0.4) is 0 Å². The molecule has 0 atom stereocenters. The number of rotatable bonds is 5. The van der Waals surface area contributed by atoms with Crippen LogP contribution in [-0.4, -0.2) is 53.4 Å². The van der Waals surface area contributed by atoms with E-state index in [1.807, 2.05) is 28.8 Å². The van der Waals surface area contributed by atoms with Crippen LogP contribution in [-0.2, 0) is 13.0 Å². The normalized spacial score (nSPS) is 13.0. The minimum absolute atomic E-state index is 0.190. The summed E-state index contributed by atoms with van der Waals surface area (Å²) in [6.45, 7) is 1.08. The molecule has 0 fully saturated rings. The van der Waals surface area contributed by atoms with Gasteiger partial charge in [-0.1, -0.05) is 11.3 Å². The molecule has 1 aliphatic heterocycles. The monoisotopic (exact) mass is 465 g/mol. The van der Waals surface area contributed by atoms with Gasteiger partial charge in [0.15, 0.2) is 5.82 Å². The molecule has 1 N–H and O–H groups in total. The predicted octanol–water partition coefficient (Wildman–Crippen LogP) is 4.07. The minimum Gasteiger partial charge on any atom is -0.497 e. The van der Waals surface area contributed by atoms with Crippen molar-refractivity contribution in [2.24, 2.45) is 0 Å². The first-order valence-corrected chi connectivity index (χ1v) is 11.2. The Morgan fingerprint density at radius 2 is 1.79 bits per heavy atom. The quantitative estimate of drug-likeness (QED) is 0.478. The SMILES string of the molecule is COc1ccc(-c2nc3sc4c(n3n2)CCN(C(=O)Nc2cc(OC)ccc2OC)C4)cc1. The molecule has 9 nitrogen and oxygen atoms in total. The summed E-state index contributed by atoms with van der Waals surface area (Å²) < 4.78 is 17.8. The number of urea groups is 1. The number of nitrogens with zero attached hydrogens (tertiary/aromatic N) is 4. The first-order valence-electron chi connectivity index (χ1n) is 10.4. The van der Waals surface area contributed by atoms with Gasteiger partial charge in [-0.15, -0.1) is 5.10 Å². The Balaban J connectivity index is 1.34. The molecule has 2 aromatic carbocycles. The third-order valence-electron chi connectivity index (χ3n) is 5.61. The van der Waals surface area contributed by atoms with E-state index in [1.54, 1.807) is 55.8 Å². The van der Waals surface area contributed by atoms with Gasteiger partial charge in [0.2, 0.25) is 4.96 Å². The summed E-state index contributed by atoms with van der Waals surface area (Å²) in [7, 11) is 4.79. The lowest BCUT2D eigenvalue weighted by Gasteiger charge is -2.27. The van der Waals surface area contributed by atoms with Crippen LogP contribution in [0, 0.1) is 0 Å². The fraction of sp³-hybridized carbons (Fsp3) is 0.261. The molecule has 5 rings (SSSR count). The van der Waals surface area contributed by atoms with Crippen LogP contribution >= 0.6 is 11.3 Å². The molecule has 0 bridgehead atoms. The smallest absolute Gasteiger partial charge is 0.322 e. The zero-order valence-corrected chi connectivity index (χ0v) is 19.3. The van der Waals surface area contributed by atoms with Crippen molar-refractivity contribution in [1.29, 1.82) is 0 Å². The summed E-state index contributed by atoms with van der Waals surface area (Å²) in [5, 5.41) is 7.66. The van der Waals surface area contributed by atoms with Gasteiger partial charge in [0.05, 0.1) is 39.3 Å². The number of hydrogen-bond donors (Lipinski definition) is 1. The highest BCUT2D eigenvalue weighted by molar-refractivity contribution is 7.17. The lowest BCUT2D eigenvalue weighted by Crippen LogP contribution is -2.38. The Morgan fingerprint density at radius 3 is 2.52 bits per heavy atom. The Morgan fingerprint density at radius 1 is 1.03 bits per heavy atom. The first-order chi connectivity index (χ1) is 16.1. The topological polar surface area (TPSA) is 90.2 Å². The number of hydrogen-bond acceptors (Lipinski definition) is 7. The Labute approximate surface area is 194 Å². The molecule has 170 valence electrons. The van der Waals surface area contributed by atoms with Gasteiger partial charge in [-0.25, -0.2) is 9.31 Å². The van der Waals surface area contributed by atoms with Gasteiger partial charge in [0.1, 0.15) is 17.2 Å². The zero-order chi connectivity index (χ0) is 22.9. The lowest BCUT2D eigenvalue weighted by molar-refractivity contribution is 0.206. The number of fused-ring (bicyclic) bond motifs is 3. The Kier molecular flexibility index (Phi) is 5.51. The van der Waals surface area contributed by atoms with Gasteiger partial charge in [0.25, 0.3) is 0 Å². The van der Waals surface area contributed by atoms with E-state index >= 15 is 0 Å². The minimum atomic E-state index is -0.190. The molecule has 10 heteroatoms. The van der Waals surface area contributed by atoms with Crippen molar-refractivity contribution in [3.63, 3.8) is 0 Å². The van der Waals surface area contributed by atoms with Crippen LogP contribution in [0.1, 0.15) is 10.6 Å². The second-order valence-corrected chi connectivity index (χ2v) is 8.56. The fourth-order valence-corrected chi connectivity index (χ4v) is 4.95. The molecule has 1 aliphatic rings. The number of amides is 2. The van der Waals surface area contributed by atoms with E-state index in [2.05, 4.69) is 5.32 Å². The van der Waals surface area contributed by atoms with Gasteiger partial charge >= 0.3 is 6.03 Å². The molecule has 0 spiro atoms. The van der Waals surface area contributed by atoms with Crippen LogP contribution < -0.4 is 19.5 Å². The summed E-state index contributed by atoms with van der Waals surface area (Å²) in [5.41, 5.74) is 2.61. The van der Waals surface area contributed by atoms with E-state index < -0.39 is 0 Å².